The molecule has 0 aromatic heterocycles. The molecule has 30 heavy (non-hydrogen) atoms. The van der Waals surface area contributed by atoms with Gasteiger partial charge >= 0.3 is 0 Å². The van der Waals surface area contributed by atoms with E-state index in [4.69, 9.17) is 42.1 Å². The van der Waals surface area contributed by atoms with Crippen molar-refractivity contribution in [3.63, 3.8) is 0 Å². The van der Waals surface area contributed by atoms with Crippen LogP contribution in [0.1, 0.15) is 21.5 Å². The highest BCUT2D eigenvalue weighted by Gasteiger charge is 2.28. The summed E-state index contributed by atoms with van der Waals surface area (Å²) in [5, 5.41) is 0.964. The van der Waals surface area contributed by atoms with Crippen LogP contribution in [0.2, 0.25) is 10.0 Å². The molecular formula is C23H14Cl2O5. The maximum Gasteiger partial charge on any atom is 0.231 e. The van der Waals surface area contributed by atoms with Crippen LogP contribution in [-0.2, 0) is 6.61 Å². The molecule has 5 nitrogen and oxygen atoms in total. The van der Waals surface area contributed by atoms with E-state index in [0.29, 0.717) is 45.2 Å². The molecule has 0 N–H and O–H groups in total. The molecule has 0 atom stereocenters. The van der Waals surface area contributed by atoms with Crippen molar-refractivity contribution in [3.05, 3.63) is 87.1 Å². The molecule has 3 aromatic rings. The van der Waals surface area contributed by atoms with Gasteiger partial charge in [-0.3, -0.25) is 4.79 Å². The van der Waals surface area contributed by atoms with Crippen molar-refractivity contribution in [1.29, 1.82) is 0 Å². The zero-order chi connectivity index (χ0) is 20.7. The van der Waals surface area contributed by atoms with Gasteiger partial charge in [0.1, 0.15) is 18.1 Å². The smallest absolute Gasteiger partial charge is 0.231 e. The molecule has 2 aliphatic rings. The molecule has 0 bridgehead atoms. The highest BCUT2D eigenvalue weighted by molar-refractivity contribution is 6.42. The van der Waals surface area contributed by atoms with E-state index in [0.717, 1.165) is 11.1 Å². The Kier molecular flexibility index (Phi) is 4.77. The molecular weight excluding hydrogens is 427 g/mol. The molecule has 0 unspecified atom stereocenters. The van der Waals surface area contributed by atoms with Gasteiger partial charge < -0.3 is 18.9 Å². The van der Waals surface area contributed by atoms with Gasteiger partial charge in [-0.2, -0.15) is 0 Å². The Balaban J connectivity index is 1.33. The van der Waals surface area contributed by atoms with E-state index in [1.807, 2.05) is 12.1 Å². The normalized spacial score (nSPS) is 15.3. The molecule has 5 rings (SSSR count). The number of ketones is 1. The van der Waals surface area contributed by atoms with E-state index >= 15 is 0 Å². The summed E-state index contributed by atoms with van der Waals surface area (Å²) in [6.45, 7) is 0.505. The number of allylic oxidation sites excluding steroid dienone is 1. The molecule has 7 heteroatoms. The summed E-state index contributed by atoms with van der Waals surface area (Å²) < 4.78 is 22.3. The van der Waals surface area contributed by atoms with Crippen LogP contribution in [0.3, 0.4) is 0 Å². The van der Waals surface area contributed by atoms with Gasteiger partial charge in [0.25, 0.3) is 0 Å². The zero-order valence-corrected chi connectivity index (χ0v) is 17.0. The van der Waals surface area contributed by atoms with Gasteiger partial charge in [-0.25, -0.2) is 0 Å². The SMILES string of the molecule is O=C1/C(=C/c2ccc3c(c2)OCO3)Oc2cc(OCc3ccc(Cl)c(Cl)c3)ccc21. The molecule has 0 saturated heterocycles. The van der Waals surface area contributed by atoms with Gasteiger partial charge in [0.2, 0.25) is 12.6 Å². The summed E-state index contributed by atoms with van der Waals surface area (Å²) in [5.74, 6) is 2.42. The molecule has 0 radical (unpaired) electrons. The standard InChI is InChI=1S/C23H14Cl2O5/c24-17-5-1-14(7-18(17)25)11-27-15-3-4-16-20(10-15)30-22(23(16)26)9-13-2-6-19-21(8-13)29-12-28-19/h1-10H,11-12H2/b22-9-. The van der Waals surface area contributed by atoms with Crippen molar-refractivity contribution in [2.45, 2.75) is 6.61 Å². The topological polar surface area (TPSA) is 54.0 Å². The van der Waals surface area contributed by atoms with Crippen LogP contribution >= 0.6 is 23.2 Å². The van der Waals surface area contributed by atoms with Gasteiger partial charge in [0.05, 0.1) is 15.6 Å². The van der Waals surface area contributed by atoms with Gasteiger partial charge in [-0.1, -0.05) is 35.3 Å². The molecule has 0 aliphatic carbocycles. The maximum absolute atomic E-state index is 12.7. The summed E-state index contributed by atoms with van der Waals surface area (Å²) in [6.07, 6.45) is 1.68. The molecule has 2 aliphatic heterocycles. The third-order valence-electron chi connectivity index (χ3n) is 4.73. The fourth-order valence-electron chi connectivity index (χ4n) is 3.21. The zero-order valence-electron chi connectivity index (χ0n) is 15.5. The summed E-state index contributed by atoms with van der Waals surface area (Å²) in [7, 11) is 0. The maximum atomic E-state index is 12.7. The van der Waals surface area contributed by atoms with Crippen LogP contribution in [0, 0.1) is 0 Å². The van der Waals surface area contributed by atoms with Gasteiger partial charge in [0.15, 0.2) is 17.3 Å². The Morgan fingerprint density at radius 1 is 0.900 bits per heavy atom. The van der Waals surface area contributed by atoms with E-state index in [1.54, 1.807) is 48.5 Å². The van der Waals surface area contributed by atoms with Gasteiger partial charge in [-0.15, -0.1) is 0 Å². The minimum Gasteiger partial charge on any atom is -0.489 e. The summed E-state index contributed by atoms with van der Waals surface area (Å²) >= 11 is 12.0. The fraction of sp³-hybridized carbons (Fsp3) is 0.0870. The summed E-state index contributed by atoms with van der Waals surface area (Å²) in [5.41, 5.74) is 2.15. The predicted molar refractivity (Wildman–Crippen MR) is 113 cm³/mol. The number of rotatable bonds is 4. The second-order valence-corrected chi connectivity index (χ2v) is 7.56. The first-order chi connectivity index (χ1) is 14.6. The highest BCUT2D eigenvalue weighted by Crippen LogP contribution is 2.37. The van der Waals surface area contributed by atoms with Crippen LogP contribution < -0.4 is 18.9 Å². The second-order valence-electron chi connectivity index (χ2n) is 6.75. The predicted octanol–water partition coefficient (Wildman–Crippen LogP) is 5.92. The number of fused-ring (bicyclic) bond motifs is 2. The first-order valence-corrected chi connectivity index (χ1v) is 9.87. The molecule has 3 aromatic carbocycles. The fourth-order valence-corrected chi connectivity index (χ4v) is 3.53. The molecule has 0 spiro atoms. The van der Waals surface area contributed by atoms with Gasteiger partial charge in [0, 0.05) is 6.07 Å². The molecule has 150 valence electrons. The second kappa shape index (κ2) is 7.59. The number of halogens is 2. The van der Waals surface area contributed by atoms with Gasteiger partial charge in [-0.05, 0) is 53.6 Å². The van der Waals surface area contributed by atoms with Crippen molar-refractivity contribution >= 4 is 35.1 Å². The number of hydrogen-bond acceptors (Lipinski definition) is 5. The van der Waals surface area contributed by atoms with Crippen LogP contribution in [-0.4, -0.2) is 12.6 Å². The van der Waals surface area contributed by atoms with E-state index in [-0.39, 0.29) is 18.3 Å². The summed E-state index contributed by atoms with van der Waals surface area (Å²) in [4.78, 5) is 12.7. The molecule has 0 saturated carbocycles. The van der Waals surface area contributed by atoms with Crippen LogP contribution in [0.15, 0.2) is 60.4 Å². The lowest BCUT2D eigenvalue weighted by Gasteiger charge is -2.08. The Bertz CT molecular complexity index is 1200. The largest absolute Gasteiger partial charge is 0.489 e. The van der Waals surface area contributed by atoms with E-state index in [9.17, 15) is 4.79 Å². The van der Waals surface area contributed by atoms with Crippen molar-refractivity contribution in [3.8, 4) is 23.0 Å². The molecule has 0 fully saturated rings. The summed E-state index contributed by atoms with van der Waals surface area (Å²) in [6, 6.07) is 15.9. The van der Waals surface area contributed by atoms with E-state index in [2.05, 4.69) is 0 Å². The molecule has 0 amide bonds. The quantitative estimate of drug-likeness (QED) is 0.471. The van der Waals surface area contributed by atoms with Crippen molar-refractivity contribution < 1.29 is 23.7 Å². The number of carbonyl (C=O) groups excluding carboxylic acids is 1. The van der Waals surface area contributed by atoms with Crippen LogP contribution in [0.5, 0.6) is 23.0 Å². The number of Topliss-reactive ketones (excluding diaryl/α,β-unsaturated/α-hetero) is 1. The van der Waals surface area contributed by atoms with E-state index < -0.39 is 0 Å². The van der Waals surface area contributed by atoms with Crippen LogP contribution in [0.25, 0.3) is 6.08 Å². The third kappa shape index (κ3) is 3.58. The van der Waals surface area contributed by atoms with E-state index in [1.165, 1.54) is 0 Å². The monoisotopic (exact) mass is 440 g/mol. The van der Waals surface area contributed by atoms with Crippen molar-refractivity contribution in [1.82, 2.24) is 0 Å². The first kappa shape index (κ1) is 18.9. The Labute approximate surface area is 182 Å². The number of ether oxygens (including phenoxy) is 4. The molecule has 2 heterocycles. The lowest BCUT2D eigenvalue weighted by Crippen LogP contribution is -1.98. The Morgan fingerprint density at radius 3 is 2.63 bits per heavy atom. The Hall–Kier alpha value is -3.15. The third-order valence-corrected chi connectivity index (χ3v) is 5.46. The number of hydrogen-bond donors (Lipinski definition) is 0. The Morgan fingerprint density at radius 2 is 1.77 bits per heavy atom. The highest BCUT2D eigenvalue weighted by atomic mass is 35.5. The average Bonchev–Trinajstić information content (AvgIpc) is 3.33. The average molecular weight is 441 g/mol. The minimum atomic E-state index is -0.182. The number of benzene rings is 3. The van der Waals surface area contributed by atoms with Crippen molar-refractivity contribution in [2.75, 3.05) is 6.79 Å². The van der Waals surface area contributed by atoms with Crippen molar-refractivity contribution in [2.24, 2.45) is 0 Å². The lowest BCUT2D eigenvalue weighted by atomic mass is 10.1. The number of carbonyl (C=O) groups is 1. The first-order valence-electron chi connectivity index (χ1n) is 9.11. The van der Waals surface area contributed by atoms with Crippen LogP contribution in [0.4, 0.5) is 0 Å². The minimum absolute atomic E-state index is 0.182. The lowest BCUT2D eigenvalue weighted by molar-refractivity contribution is 0.101.